The van der Waals surface area contributed by atoms with Gasteiger partial charge in [0.2, 0.25) is 0 Å². The van der Waals surface area contributed by atoms with Gasteiger partial charge in [0.05, 0.1) is 0 Å². The van der Waals surface area contributed by atoms with Crippen LogP contribution in [0.15, 0.2) is 6.20 Å². The summed E-state index contributed by atoms with van der Waals surface area (Å²) in [5.41, 5.74) is 6.06. The van der Waals surface area contributed by atoms with Crippen LogP contribution in [-0.4, -0.2) is 17.1 Å². The Morgan fingerprint density at radius 3 is 3.00 bits per heavy atom. The second-order valence-corrected chi connectivity index (χ2v) is 5.24. The normalized spacial score (nSPS) is 18.4. The van der Waals surface area contributed by atoms with E-state index in [4.69, 9.17) is 5.73 Å². The first-order valence-corrected chi connectivity index (χ1v) is 5.97. The van der Waals surface area contributed by atoms with Gasteiger partial charge in [0.25, 0.3) is 0 Å². The van der Waals surface area contributed by atoms with Crippen LogP contribution >= 0.6 is 11.3 Å². The Hall–Kier alpha value is -0.450. The van der Waals surface area contributed by atoms with E-state index in [1.165, 1.54) is 9.88 Å². The van der Waals surface area contributed by atoms with Gasteiger partial charge in [-0.1, -0.05) is 6.92 Å². The van der Waals surface area contributed by atoms with Crippen molar-refractivity contribution < 1.29 is 0 Å². The molecule has 2 rings (SSSR count). The quantitative estimate of drug-likeness (QED) is 0.771. The van der Waals surface area contributed by atoms with Crippen LogP contribution in [0.1, 0.15) is 29.7 Å². The van der Waals surface area contributed by atoms with E-state index in [9.17, 15) is 0 Å². The number of hydrogen-bond acceptors (Lipinski definition) is 4. The number of thiazole rings is 1. The van der Waals surface area contributed by atoms with Gasteiger partial charge in [-0.05, 0) is 19.3 Å². The number of aryl methyl sites for hydroxylation is 1. The van der Waals surface area contributed by atoms with E-state index < -0.39 is 0 Å². The maximum absolute atomic E-state index is 5.96. The van der Waals surface area contributed by atoms with Crippen molar-refractivity contribution >= 4 is 11.3 Å². The average molecular weight is 211 g/mol. The van der Waals surface area contributed by atoms with E-state index in [0.717, 1.165) is 32.4 Å². The molecule has 0 aromatic carbocycles. The maximum atomic E-state index is 5.96. The standard InChI is InChI=1S/C10H17N3S/c1-2-8-5-13-9(14-8)6-12-7-10(11)3-4-10/h5,12H,2-4,6-7,11H2,1H3. The molecule has 1 aromatic rings. The van der Waals surface area contributed by atoms with Gasteiger partial charge >= 0.3 is 0 Å². The predicted octanol–water partition coefficient (Wildman–Crippen LogP) is 1.29. The SMILES string of the molecule is CCc1cnc(CNCC2(N)CC2)s1. The van der Waals surface area contributed by atoms with Crippen LogP contribution in [0, 0.1) is 0 Å². The first-order valence-electron chi connectivity index (χ1n) is 5.15. The Morgan fingerprint density at radius 2 is 2.43 bits per heavy atom. The summed E-state index contributed by atoms with van der Waals surface area (Å²) in [5, 5.41) is 4.54. The van der Waals surface area contributed by atoms with Crippen molar-refractivity contribution in [3.05, 3.63) is 16.1 Å². The molecule has 14 heavy (non-hydrogen) atoms. The summed E-state index contributed by atoms with van der Waals surface area (Å²) >= 11 is 1.79. The molecule has 1 heterocycles. The van der Waals surface area contributed by atoms with Gasteiger partial charge in [0.1, 0.15) is 5.01 Å². The Labute approximate surface area is 88.7 Å². The van der Waals surface area contributed by atoms with E-state index in [-0.39, 0.29) is 5.54 Å². The summed E-state index contributed by atoms with van der Waals surface area (Å²) in [6.07, 6.45) is 5.38. The summed E-state index contributed by atoms with van der Waals surface area (Å²) < 4.78 is 0. The van der Waals surface area contributed by atoms with Crippen molar-refractivity contribution in [1.29, 1.82) is 0 Å². The van der Waals surface area contributed by atoms with E-state index in [1.807, 2.05) is 6.20 Å². The van der Waals surface area contributed by atoms with Crippen LogP contribution in [0.3, 0.4) is 0 Å². The summed E-state index contributed by atoms with van der Waals surface area (Å²) in [7, 11) is 0. The zero-order valence-corrected chi connectivity index (χ0v) is 9.36. The largest absolute Gasteiger partial charge is 0.324 e. The fourth-order valence-corrected chi connectivity index (χ4v) is 2.18. The summed E-state index contributed by atoms with van der Waals surface area (Å²) in [4.78, 5) is 5.70. The van der Waals surface area contributed by atoms with Crippen LogP contribution in [-0.2, 0) is 13.0 Å². The van der Waals surface area contributed by atoms with Crippen molar-refractivity contribution in [1.82, 2.24) is 10.3 Å². The second kappa shape index (κ2) is 3.96. The van der Waals surface area contributed by atoms with Gasteiger partial charge in [0.15, 0.2) is 0 Å². The molecule has 1 saturated carbocycles. The lowest BCUT2D eigenvalue weighted by atomic mass is 10.3. The highest BCUT2D eigenvalue weighted by atomic mass is 32.1. The Kier molecular flexibility index (Phi) is 2.85. The number of nitrogens with zero attached hydrogens (tertiary/aromatic N) is 1. The van der Waals surface area contributed by atoms with Crippen molar-refractivity contribution in [3.63, 3.8) is 0 Å². The lowest BCUT2D eigenvalue weighted by Crippen LogP contribution is -2.35. The molecule has 1 aliphatic rings. The second-order valence-electron chi connectivity index (χ2n) is 4.04. The number of nitrogens with two attached hydrogens (primary N) is 1. The molecule has 0 amide bonds. The van der Waals surface area contributed by atoms with E-state index in [2.05, 4.69) is 17.2 Å². The molecule has 1 aromatic heterocycles. The summed E-state index contributed by atoms with van der Waals surface area (Å²) in [5.74, 6) is 0. The van der Waals surface area contributed by atoms with Gasteiger partial charge in [-0.15, -0.1) is 11.3 Å². The third-order valence-corrected chi connectivity index (χ3v) is 3.74. The van der Waals surface area contributed by atoms with Crippen molar-refractivity contribution in [2.24, 2.45) is 5.73 Å². The molecule has 0 unspecified atom stereocenters. The van der Waals surface area contributed by atoms with Gasteiger partial charge in [-0.2, -0.15) is 0 Å². The molecule has 0 spiro atoms. The van der Waals surface area contributed by atoms with Crippen molar-refractivity contribution in [2.75, 3.05) is 6.54 Å². The molecular weight excluding hydrogens is 194 g/mol. The minimum Gasteiger partial charge on any atom is -0.324 e. The van der Waals surface area contributed by atoms with Crippen LogP contribution < -0.4 is 11.1 Å². The van der Waals surface area contributed by atoms with Crippen LogP contribution in [0.4, 0.5) is 0 Å². The topological polar surface area (TPSA) is 50.9 Å². The van der Waals surface area contributed by atoms with Gasteiger partial charge in [-0.25, -0.2) is 4.98 Å². The molecular formula is C10H17N3S. The molecule has 1 aliphatic carbocycles. The highest BCUT2D eigenvalue weighted by Gasteiger charge is 2.37. The molecule has 3 N–H and O–H groups in total. The molecule has 0 saturated heterocycles. The van der Waals surface area contributed by atoms with Gasteiger partial charge < -0.3 is 11.1 Å². The first-order chi connectivity index (χ1) is 6.72. The number of rotatable bonds is 5. The average Bonchev–Trinajstić information content (AvgIpc) is 2.75. The Morgan fingerprint density at radius 1 is 1.64 bits per heavy atom. The monoisotopic (exact) mass is 211 g/mol. The Bertz CT molecular complexity index is 304. The number of hydrogen-bond donors (Lipinski definition) is 2. The van der Waals surface area contributed by atoms with Gasteiger partial charge in [-0.3, -0.25) is 0 Å². The molecule has 0 atom stereocenters. The number of nitrogens with one attached hydrogen (secondary N) is 1. The first kappa shape index (κ1) is 10.1. The summed E-state index contributed by atoms with van der Waals surface area (Å²) in [6.45, 7) is 3.95. The minimum absolute atomic E-state index is 0.102. The van der Waals surface area contributed by atoms with E-state index in [1.54, 1.807) is 11.3 Å². The molecule has 1 fully saturated rings. The van der Waals surface area contributed by atoms with Crippen molar-refractivity contribution in [3.8, 4) is 0 Å². The molecule has 0 aliphatic heterocycles. The lowest BCUT2D eigenvalue weighted by molar-refractivity contribution is 0.568. The molecule has 0 bridgehead atoms. The van der Waals surface area contributed by atoms with Gasteiger partial charge in [0, 0.05) is 29.7 Å². The maximum Gasteiger partial charge on any atom is 0.107 e. The van der Waals surface area contributed by atoms with E-state index in [0.29, 0.717) is 0 Å². The highest BCUT2D eigenvalue weighted by Crippen LogP contribution is 2.31. The van der Waals surface area contributed by atoms with Crippen LogP contribution in [0.25, 0.3) is 0 Å². The molecule has 3 nitrogen and oxygen atoms in total. The minimum atomic E-state index is 0.102. The third-order valence-electron chi connectivity index (χ3n) is 2.60. The van der Waals surface area contributed by atoms with Crippen molar-refractivity contribution in [2.45, 2.75) is 38.3 Å². The molecule has 0 radical (unpaired) electrons. The van der Waals surface area contributed by atoms with Crippen LogP contribution in [0.2, 0.25) is 0 Å². The fourth-order valence-electron chi connectivity index (χ4n) is 1.35. The predicted molar refractivity (Wildman–Crippen MR) is 59.4 cm³/mol. The molecule has 78 valence electrons. The molecule has 4 heteroatoms. The Balaban J connectivity index is 1.74. The van der Waals surface area contributed by atoms with E-state index >= 15 is 0 Å². The fraction of sp³-hybridized carbons (Fsp3) is 0.700. The third kappa shape index (κ3) is 2.53. The lowest BCUT2D eigenvalue weighted by Gasteiger charge is -2.08. The summed E-state index contributed by atoms with van der Waals surface area (Å²) in [6, 6.07) is 0. The van der Waals surface area contributed by atoms with Crippen LogP contribution in [0.5, 0.6) is 0 Å². The highest BCUT2D eigenvalue weighted by molar-refractivity contribution is 7.11. The zero-order valence-electron chi connectivity index (χ0n) is 8.55. The number of aromatic nitrogens is 1. The zero-order chi connectivity index (χ0) is 10.0. The smallest absolute Gasteiger partial charge is 0.107 e.